The zero-order valence-electron chi connectivity index (χ0n) is 12.3. The van der Waals surface area contributed by atoms with Crippen molar-refractivity contribution in [3.05, 3.63) is 0 Å². The van der Waals surface area contributed by atoms with Crippen molar-refractivity contribution in [2.75, 3.05) is 20.2 Å². The number of Topliss-reactive ketones (excluding diaryl/α,β-unsaturated/α-hetero) is 1. The minimum absolute atomic E-state index is 0.0307. The topological polar surface area (TPSA) is 69.6 Å². The van der Waals surface area contributed by atoms with E-state index < -0.39 is 11.6 Å². The van der Waals surface area contributed by atoms with Crippen LogP contribution in [0.3, 0.4) is 0 Å². The quantitative estimate of drug-likeness (QED) is 0.694. The first-order valence-electron chi connectivity index (χ1n) is 6.23. The molecule has 0 bridgehead atoms. The van der Waals surface area contributed by atoms with E-state index in [9.17, 15) is 14.7 Å². The first kappa shape index (κ1) is 17.1. The Balaban J connectivity index is 4.47. The van der Waals surface area contributed by atoms with E-state index in [-0.39, 0.29) is 30.8 Å². The number of aliphatic hydroxyl groups is 1. The van der Waals surface area contributed by atoms with E-state index in [1.54, 1.807) is 11.9 Å². The molecular weight excluding hydrogens is 232 g/mol. The standard InChI is InChI=1S/C13H26N2O3/c1-9(2)12(10(3)17)14-11(18)7-15(6)13(4,5)8-16/h9,12,16H,7-8H2,1-6H3,(H,14,18). The molecule has 2 N–H and O–H groups in total. The highest BCUT2D eigenvalue weighted by Crippen LogP contribution is 2.10. The lowest BCUT2D eigenvalue weighted by molar-refractivity contribution is -0.129. The molecular formula is C13H26N2O3. The molecule has 0 saturated carbocycles. The normalized spacial score (nSPS) is 13.8. The molecule has 106 valence electrons. The summed E-state index contributed by atoms with van der Waals surface area (Å²) in [7, 11) is 1.77. The van der Waals surface area contributed by atoms with Crippen LogP contribution in [0.4, 0.5) is 0 Å². The van der Waals surface area contributed by atoms with Crippen LogP contribution in [0.25, 0.3) is 0 Å². The van der Waals surface area contributed by atoms with Crippen molar-refractivity contribution in [3.63, 3.8) is 0 Å². The Labute approximate surface area is 110 Å². The summed E-state index contributed by atoms with van der Waals surface area (Å²) in [6, 6.07) is -0.442. The number of amides is 1. The predicted molar refractivity (Wildman–Crippen MR) is 71.2 cm³/mol. The Hall–Kier alpha value is -0.940. The highest BCUT2D eigenvalue weighted by atomic mass is 16.3. The van der Waals surface area contributed by atoms with Gasteiger partial charge < -0.3 is 10.4 Å². The van der Waals surface area contributed by atoms with Crippen LogP contribution in [0.1, 0.15) is 34.6 Å². The molecule has 0 fully saturated rings. The van der Waals surface area contributed by atoms with Crippen molar-refractivity contribution >= 4 is 11.7 Å². The molecule has 0 spiro atoms. The minimum atomic E-state index is -0.457. The monoisotopic (exact) mass is 258 g/mol. The summed E-state index contributed by atoms with van der Waals surface area (Å²) < 4.78 is 0. The maximum absolute atomic E-state index is 11.8. The van der Waals surface area contributed by atoms with E-state index in [4.69, 9.17) is 0 Å². The summed E-state index contributed by atoms with van der Waals surface area (Å²) >= 11 is 0. The van der Waals surface area contributed by atoms with Crippen molar-refractivity contribution in [1.29, 1.82) is 0 Å². The van der Waals surface area contributed by atoms with Gasteiger partial charge in [-0.25, -0.2) is 0 Å². The number of hydrogen-bond acceptors (Lipinski definition) is 4. The summed E-state index contributed by atoms with van der Waals surface area (Å²) in [4.78, 5) is 25.0. The number of nitrogens with one attached hydrogen (secondary N) is 1. The Morgan fingerprint density at radius 1 is 1.33 bits per heavy atom. The molecule has 0 rings (SSSR count). The zero-order chi connectivity index (χ0) is 14.5. The second kappa shape index (κ2) is 6.85. The summed E-state index contributed by atoms with van der Waals surface area (Å²) in [5.41, 5.74) is -0.457. The van der Waals surface area contributed by atoms with E-state index in [1.807, 2.05) is 27.7 Å². The van der Waals surface area contributed by atoms with Crippen molar-refractivity contribution in [2.45, 2.75) is 46.2 Å². The molecule has 18 heavy (non-hydrogen) atoms. The fourth-order valence-electron chi connectivity index (χ4n) is 1.51. The summed E-state index contributed by atoms with van der Waals surface area (Å²) in [6.07, 6.45) is 0. The molecule has 1 unspecified atom stereocenters. The number of ketones is 1. The van der Waals surface area contributed by atoms with E-state index in [0.29, 0.717) is 0 Å². The third-order valence-corrected chi connectivity index (χ3v) is 3.22. The van der Waals surface area contributed by atoms with Gasteiger partial charge in [-0.05, 0) is 33.7 Å². The van der Waals surface area contributed by atoms with Gasteiger partial charge in [0.1, 0.15) is 0 Å². The Morgan fingerprint density at radius 3 is 2.17 bits per heavy atom. The van der Waals surface area contributed by atoms with Crippen LogP contribution in [-0.4, -0.2) is 53.5 Å². The Bertz CT molecular complexity index is 301. The van der Waals surface area contributed by atoms with E-state index in [0.717, 1.165) is 0 Å². The molecule has 5 nitrogen and oxygen atoms in total. The van der Waals surface area contributed by atoms with Crippen LogP contribution >= 0.6 is 0 Å². The van der Waals surface area contributed by atoms with Gasteiger partial charge in [0.05, 0.1) is 19.2 Å². The molecule has 0 aliphatic rings. The van der Waals surface area contributed by atoms with Crippen LogP contribution in [0.5, 0.6) is 0 Å². The van der Waals surface area contributed by atoms with Crippen LogP contribution < -0.4 is 5.32 Å². The third-order valence-electron chi connectivity index (χ3n) is 3.22. The molecule has 0 heterocycles. The van der Waals surface area contributed by atoms with Crippen LogP contribution in [0, 0.1) is 5.92 Å². The summed E-state index contributed by atoms with van der Waals surface area (Å²) in [5.74, 6) is -0.169. The van der Waals surface area contributed by atoms with Gasteiger partial charge in [-0.15, -0.1) is 0 Å². The van der Waals surface area contributed by atoms with Gasteiger partial charge in [0.25, 0.3) is 0 Å². The first-order chi connectivity index (χ1) is 8.11. The molecule has 0 aromatic carbocycles. The number of likely N-dealkylation sites (N-methyl/N-ethyl adjacent to an activating group) is 1. The highest BCUT2D eigenvalue weighted by molar-refractivity contribution is 5.88. The SMILES string of the molecule is CC(=O)C(NC(=O)CN(C)C(C)(C)CO)C(C)C. The number of aliphatic hydroxyl groups excluding tert-OH is 1. The lowest BCUT2D eigenvalue weighted by Gasteiger charge is -2.33. The lowest BCUT2D eigenvalue weighted by Crippen LogP contribution is -2.52. The average Bonchev–Trinajstić information content (AvgIpc) is 2.24. The Morgan fingerprint density at radius 2 is 1.83 bits per heavy atom. The van der Waals surface area contributed by atoms with Gasteiger partial charge >= 0.3 is 0 Å². The van der Waals surface area contributed by atoms with Gasteiger partial charge in [-0.2, -0.15) is 0 Å². The summed E-state index contributed by atoms with van der Waals surface area (Å²) in [6.45, 7) is 9.10. The fourth-order valence-corrected chi connectivity index (χ4v) is 1.51. The molecule has 0 radical (unpaired) electrons. The molecule has 0 aliphatic heterocycles. The molecule has 0 aromatic heterocycles. The van der Waals surface area contributed by atoms with E-state index in [1.165, 1.54) is 6.92 Å². The molecule has 5 heteroatoms. The Kier molecular flexibility index (Phi) is 6.49. The molecule has 0 aliphatic carbocycles. The number of carbonyl (C=O) groups excluding carboxylic acids is 2. The first-order valence-corrected chi connectivity index (χ1v) is 6.23. The maximum atomic E-state index is 11.8. The number of carbonyl (C=O) groups is 2. The van der Waals surface area contributed by atoms with Gasteiger partial charge in [0.2, 0.25) is 5.91 Å². The van der Waals surface area contributed by atoms with E-state index >= 15 is 0 Å². The number of hydrogen-bond donors (Lipinski definition) is 2. The van der Waals surface area contributed by atoms with Gasteiger partial charge in [0.15, 0.2) is 5.78 Å². The number of rotatable bonds is 7. The smallest absolute Gasteiger partial charge is 0.234 e. The van der Waals surface area contributed by atoms with Crippen LogP contribution in [0.15, 0.2) is 0 Å². The van der Waals surface area contributed by atoms with Gasteiger partial charge in [0, 0.05) is 5.54 Å². The van der Waals surface area contributed by atoms with Crippen LogP contribution in [-0.2, 0) is 9.59 Å². The second-order valence-corrected chi connectivity index (χ2v) is 5.73. The molecule has 0 saturated heterocycles. The lowest BCUT2D eigenvalue weighted by atomic mass is 10.0. The van der Waals surface area contributed by atoms with Crippen LogP contribution in [0.2, 0.25) is 0 Å². The highest BCUT2D eigenvalue weighted by Gasteiger charge is 2.26. The van der Waals surface area contributed by atoms with Crippen molar-refractivity contribution in [2.24, 2.45) is 5.92 Å². The molecule has 1 amide bonds. The largest absolute Gasteiger partial charge is 0.394 e. The van der Waals surface area contributed by atoms with Crippen molar-refractivity contribution in [1.82, 2.24) is 10.2 Å². The fraction of sp³-hybridized carbons (Fsp3) is 0.846. The van der Waals surface area contributed by atoms with Crippen molar-refractivity contribution in [3.8, 4) is 0 Å². The maximum Gasteiger partial charge on any atom is 0.234 e. The van der Waals surface area contributed by atoms with Crippen molar-refractivity contribution < 1.29 is 14.7 Å². The number of nitrogens with zero attached hydrogens (tertiary/aromatic N) is 1. The van der Waals surface area contributed by atoms with Gasteiger partial charge in [-0.1, -0.05) is 13.8 Å². The summed E-state index contributed by atoms with van der Waals surface area (Å²) in [5, 5.41) is 11.9. The molecule has 0 aromatic rings. The third kappa shape index (κ3) is 5.14. The predicted octanol–water partition coefficient (Wildman–Crippen LogP) is 0.419. The average molecular weight is 258 g/mol. The zero-order valence-corrected chi connectivity index (χ0v) is 12.3. The second-order valence-electron chi connectivity index (χ2n) is 5.73. The minimum Gasteiger partial charge on any atom is -0.394 e. The van der Waals surface area contributed by atoms with Gasteiger partial charge in [-0.3, -0.25) is 14.5 Å². The molecule has 1 atom stereocenters. The van der Waals surface area contributed by atoms with E-state index in [2.05, 4.69) is 5.32 Å².